The number of anilines is 1. The summed E-state index contributed by atoms with van der Waals surface area (Å²) in [7, 11) is 1.52. The molecule has 150 valence electrons. The topological polar surface area (TPSA) is 94.8 Å². The van der Waals surface area contributed by atoms with Crippen molar-refractivity contribution in [1.82, 2.24) is 24.7 Å². The number of carbonyl (C=O) groups is 1. The SMILES string of the molecule is COc1ncccc1NC(=O)c1cc(C2CC2)nc2c1c(C)nn2-c1ccccn1. The molecule has 0 bridgehead atoms. The molecule has 30 heavy (non-hydrogen) atoms. The first-order valence-corrected chi connectivity index (χ1v) is 9.77. The predicted molar refractivity (Wildman–Crippen MR) is 112 cm³/mol. The Hall–Kier alpha value is -3.81. The minimum Gasteiger partial charge on any atom is -0.480 e. The smallest absolute Gasteiger partial charge is 0.256 e. The summed E-state index contributed by atoms with van der Waals surface area (Å²) in [6.45, 7) is 1.88. The van der Waals surface area contributed by atoms with Crippen LogP contribution in [0.15, 0.2) is 48.8 Å². The minimum atomic E-state index is -0.251. The second-order valence-corrected chi connectivity index (χ2v) is 7.27. The number of hydrogen-bond acceptors (Lipinski definition) is 6. The highest BCUT2D eigenvalue weighted by Gasteiger charge is 2.29. The summed E-state index contributed by atoms with van der Waals surface area (Å²) in [6.07, 6.45) is 5.48. The van der Waals surface area contributed by atoms with Crippen LogP contribution >= 0.6 is 0 Å². The molecule has 0 radical (unpaired) electrons. The van der Waals surface area contributed by atoms with Crippen molar-refractivity contribution in [2.75, 3.05) is 12.4 Å². The van der Waals surface area contributed by atoms with Gasteiger partial charge in [0.1, 0.15) is 5.69 Å². The van der Waals surface area contributed by atoms with Crippen LogP contribution in [0, 0.1) is 6.92 Å². The molecule has 0 spiro atoms. The molecule has 1 N–H and O–H groups in total. The Morgan fingerprint density at radius 3 is 2.73 bits per heavy atom. The van der Waals surface area contributed by atoms with E-state index in [-0.39, 0.29) is 5.91 Å². The highest BCUT2D eigenvalue weighted by atomic mass is 16.5. The lowest BCUT2D eigenvalue weighted by Crippen LogP contribution is -2.14. The van der Waals surface area contributed by atoms with Crippen molar-refractivity contribution in [3.8, 4) is 11.7 Å². The van der Waals surface area contributed by atoms with Crippen LogP contribution in [0.2, 0.25) is 0 Å². The first kappa shape index (κ1) is 18.2. The van der Waals surface area contributed by atoms with Crippen LogP contribution in [-0.4, -0.2) is 37.7 Å². The zero-order valence-corrected chi connectivity index (χ0v) is 16.7. The second-order valence-electron chi connectivity index (χ2n) is 7.27. The van der Waals surface area contributed by atoms with Crippen LogP contribution in [0.1, 0.15) is 40.5 Å². The molecule has 1 fully saturated rings. The van der Waals surface area contributed by atoms with Gasteiger partial charge in [-0.25, -0.2) is 15.0 Å². The standard InChI is InChI=1S/C22H20N6O2/c1-13-19-15(21(29)26-16-6-5-11-24-22(16)30-2)12-17(14-8-9-14)25-20(19)28(27-13)18-7-3-4-10-23-18/h3-7,10-12,14H,8-9H2,1-2H3,(H,26,29). The number of hydrogen-bond donors (Lipinski definition) is 1. The van der Waals surface area contributed by atoms with E-state index in [1.165, 1.54) is 7.11 Å². The van der Waals surface area contributed by atoms with Crippen LogP contribution in [-0.2, 0) is 0 Å². The number of nitrogens with one attached hydrogen (secondary N) is 1. The van der Waals surface area contributed by atoms with Gasteiger partial charge in [-0.1, -0.05) is 6.07 Å². The van der Waals surface area contributed by atoms with E-state index >= 15 is 0 Å². The maximum atomic E-state index is 13.3. The molecule has 0 saturated heterocycles. The fraction of sp³-hybridized carbons (Fsp3) is 0.227. The van der Waals surface area contributed by atoms with Crippen molar-refractivity contribution in [1.29, 1.82) is 0 Å². The maximum Gasteiger partial charge on any atom is 0.256 e. The Morgan fingerprint density at radius 2 is 2.00 bits per heavy atom. The quantitative estimate of drug-likeness (QED) is 0.549. The molecule has 1 aliphatic carbocycles. The van der Waals surface area contributed by atoms with Crippen LogP contribution in [0.25, 0.3) is 16.9 Å². The molecule has 8 nitrogen and oxygen atoms in total. The maximum absolute atomic E-state index is 13.3. The molecule has 1 saturated carbocycles. The summed E-state index contributed by atoms with van der Waals surface area (Å²) in [6, 6.07) is 11.0. The van der Waals surface area contributed by atoms with Gasteiger partial charge in [0.05, 0.1) is 23.8 Å². The second kappa shape index (κ2) is 7.22. The van der Waals surface area contributed by atoms with Gasteiger partial charge in [-0.05, 0) is 50.1 Å². The molecule has 0 unspecified atom stereocenters. The molecule has 8 heteroatoms. The molecular weight excluding hydrogens is 380 g/mol. The number of rotatable bonds is 5. The van der Waals surface area contributed by atoms with Crippen molar-refractivity contribution in [2.45, 2.75) is 25.7 Å². The summed E-state index contributed by atoms with van der Waals surface area (Å²) in [5.74, 6) is 1.15. The van der Waals surface area contributed by atoms with E-state index in [9.17, 15) is 4.79 Å². The number of fused-ring (bicyclic) bond motifs is 1. The van der Waals surface area contributed by atoms with E-state index in [4.69, 9.17) is 9.72 Å². The molecule has 1 aliphatic rings. The van der Waals surface area contributed by atoms with Crippen molar-refractivity contribution < 1.29 is 9.53 Å². The number of pyridine rings is 3. The van der Waals surface area contributed by atoms with Crippen molar-refractivity contribution >= 4 is 22.6 Å². The van der Waals surface area contributed by atoms with E-state index < -0.39 is 0 Å². The minimum absolute atomic E-state index is 0.251. The fourth-order valence-electron chi connectivity index (χ4n) is 3.55. The van der Waals surface area contributed by atoms with Gasteiger partial charge in [0.25, 0.3) is 5.91 Å². The highest BCUT2D eigenvalue weighted by Crippen LogP contribution is 2.40. The fourth-order valence-corrected chi connectivity index (χ4v) is 3.55. The van der Waals surface area contributed by atoms with Crippen LogP contribution in [0.5, 0.6) is 5.88 Å². The predicted octanol–water partition coefficient (Wildman–Crippen LogP) is 3.66. The summed E-state index contributed by atoms with van der Waals surface area (Å²) in [5.41, 5.74) is 3.31. The van der Waals surface area contributed by atoms with E-state index in [1.807, 2.05) is 31.2 Å². The Morgan fingerprint density at radius 1 is 1.17 bits per heavy atom. The van der Waals surface area contributed by atoms with Crippen LogP contribution in [0.4, 0.5) is 5.69 Å². The largest absolute Gasteiger partial charge is 0.480 e. The van der Waals surface area contributed by atoms with Crippen LogP contribution < -0.4 is 10.1 Å². The molecule has 0 aliphatic heterocycles. The lowest BCUT2D eigenvalue weighted by atomic mass is 10.1. The summed E-state index contributed by atoms with van der Waals surface area (Å²) >= 11 is 0. The number of methoxy groups -OCH3 is 1. The van der Waals surface area contributed by atoms with Gasteiger partial charge in [0.15, 0.2) is 11.5 Å². The van der Waals surface area contributed by atoms with E-state index in [0.29, 0.717) is 45.6 Å². The molecule has 4 aromatic rings. The third-order valence-electron chi connectivity index (χ3n) is 5.15. The van der Waals surface area contributed by atoms with Crippen molar-refractivity contribution in [3.63, 3.8) is 0 Å². The summed E-state index contributed by atoms with van der Waals surface area (Å²) in [5, 5.41) is 8.28. The van der Waals surface area contributed by atoms with Crippen molar-refractivity contribution in [2.24, 2.45) is 0 Å². The van der Waals surface area contributed by atoms with Gasteiger partial charge >= 0.3 is 0 Å². The van der Waals surface area contributed by atoms with E-state index in [2.05, 4.69) is 20.4 Å². The van der Waals surface area contributed by atoms with Crippen LogP contribution in [0.3, 0.4) is 0 Å². The van der Waals surface area contributed by atoms with Gasteiger partial charge in [-0.3, -0.25) is 4.79 Å². The third kappa shape index (κ3) is 3.16. The van der Waals surface area contributed by atoms with E-state index in [1.54, 1.807) is 29.2 Å². The summed E-state index contributed by atoms with van der Waals surface area (Å²) in [4.78, 5) is 26.7. The summed E-state index contributed by atoms with van der Waals surface area (Å²) < 4.78 is 6.97. The Kier molecular flexibility index (Phi) is 4.39. The third-order valence-corrected chi connectivity index (χ3v) is 5.15. The first-order valence-electron chi connectivity index (χ1n) is 9.77. The molecule has 0 atom stereocenters. The molecule has 5 rings (SSSR count). The highest BCUT2D eigenvalue weighted by molar-refractivity contribution is 6.13. The Balaban J connectivity index is 1.66. The monoisotopic (exact) mass is 400 g/mol. The molecule has 4 heterocycles. The number of ether oxygens (including phenoxy) is 1. The van der Waals surface area contributed by atoms with Gasteiger partial charge in [0, 0.05) is 24.0 Å². The number of nitrogens with zero attached hydrogens (tertiary/aromatic N) is 5. The van der Waals surface area contributed by atoms with Gasteiger partial charge in [0.2, 0.25) is 5.88 Å². The normalized spacial score (nSPS) is 13.4. The Labute approximate surface area is 173 Å². The number of amides is 1. The molecule has 1 amide bonds. The van der Waals surface area contributed by atoms with Crippen molar-refractivity contribution in [3.05, 3.63) is 65.7 Å². The average molecular weight is 400 g/mol. The number of carbonyl (C=O) groups excluding carboxylic acids is 1. The first-order chi connectivity index (χ1) is 14.7. The van der Waals surface area contributed by atoms with Gasteiger partial charge in [-0.2, -0.15) is 9.78 Å². The van der Waals surface area contributed by atoms with Gasteiger partial charge < -0.3 is 10.1 Å². The number of aromatic nitrogens is 5. The molecular formula is C22H20N6O2. The van der Waals surface area contributed by atoms with E-state index in [0.717, 1.165) is 18.5 Å². The Bertz CT molecular complexity index is 1250. The average Bonchev–Trinajstić information content (AvgIpc) is 3.58. The molecule has 4 aromatic heterocycles. The lowest BCUT2D eigenvalue weighted by Gasteiger charge is -2.11. The lowest BCUT2D eigenvalue weighted by molar-refractivity contribution is 0.102. The zero-order valence-electron chi connectivity index (χ0n) is 16.7. The molecule has 0 aromatic carbocycles. The number of aryl methyl sites for hydroxylation is 1. The zero-order chi connectivity index (χ0) is 20.7. The van der Waals surface area contributed by atoms with Gasteiger partial charge in [-0.15, -0.1) is 0 Å².